The van der Waals surface area contributed by atoms with Crippen LogP contribution in [0.1, 0.15) is 24.5 Å². The third-order valence-electron chi connectivity index (χ3n) is 3.00. The average molecular weight is 227 g/mol. The van der Waals surface area contributed by atoms with E-state index in [9.17, 15) is 8.78 Å². The van der Waals surface area contributed by atoms with Gasteiger partial charge in [-0.1, -0.05) is 6.07 Å². The zero-order valence-corrected chi connectivity index (χ0v) is 9.17. The molecular formula is C12H15F2NO. The maximum absolute atomic E-state index is 13.5. The highest BCUT2D eigenvalue weighted by atomic mass is 19.1. The Balaban J connectivity index is 2.16. The maximum atomic E-state index is 13.5. The van der Waals surface area contributed by atoms with E-state index in [-0.39, 0.29) is 6.10 Å². The van der Waals surface area contributed by atoms with Crippen molar-refractivity contribution in [2.75, 3.05) is 13.7 Å². The van der Waals surface area contributed by atoms with Gasteiger partial charge in [0.15, 0.2) is 0 Å². The topological polar surface area (TPSA) is 21.3 Å². The number of nitrogens with one attached hydrogen (secondary N) is 1. The van der Waals surface area contributed by atoms with Crippen molar-refractivity contribution in [3.63, 3.8) is 0 Å². The van der Waals surface area contributed by atoms with E-state index in [0.717, 1.165) is 18.9 Å². The molecule has 1 aromatic carbocycles. The Labute approximate surface area is 93.6 Å². The van der Waals surface area contributed by atoms with Crippen LogP contribution in [0.5, 0.6) is 0 Å². The van der Waals surface area contributed by atoms with Crippen LogP contribution in [0.2, 0.25) is 0 Å². The molecule has 0 saturated carbocycles. The van der Waals surface area contributed by atoms with E-state index in [1.54, 1.807) is 0 Å². The molecule has 1 N–H and O–H groups in total. The number of benzene rings is 1. The van der Waals surface area contributed by atoms with E-state index in [1.807, 2.05) is 7.05 Å². The van der Waals surface area contributed by atoms with E-state index in [4.69, 9.17) is 4.74 Å². The van der Waals surface area contributed by atoms with Crippen molar-refractivity contribution < 1.29 is 13.5 Å². The minimum atomic E-state index is -0.553. The van der Waals surface area contributed by atoms with Crippen molar-refractivity contribution in [3.8, 4) is 0 Å². The number of rotatable bonds is 2. The molecule has 0 aromatic heterocycles. The first kappa shape index (κ1) is 11.5. The van der Waals surface area contributed by atoms with Crippen LogP contribution in [0.4, 0.5) is 8.78 Å². The second-order valence-electron chi connectivity index (χ2n) is 4.04. The third-order valence-corrected chi connectivity index (χ3v) is 3.00. The van der Waals surface area contributed by atoms with E-state index < -0.39 is 11.6 Å². The van der Waals surface area contributed by atoms with Crippen molar-refractivity contribution >= 4 is 0 Å². The summed E-state index contributed by atoms with van der Waals surface area (Å²) in [6.45, 7) is 0.604. The zero-order valence-electron chi connectivity index (χ0n) is 9.17. The summed E-state index contributed by atoms with van der Waals surface area (Å²) in [5.41, 5.74) is 0.446. The van der Waals surface area contributed by atoms with Gasteiger partial charge in [-0.25, -0.2) is 8.78 Å². The van der Waals surface area contributed by atoms with Crippen molar-refractivity contribution in [2.45, 2.75) is 25.0 Å². The quantitative estimate of drug-likeness (QED) is 0.837. The summed E-state index contributed by atoms with van der Waals surface area (Å²) in [6.07, 6.45) is 1.38. The van der Waals surface area contributed by atoms with Gasteiger partial charge in [0.05, 0.1) is 6.10 Å². The highest BCUT2D eigenvalue weighted by molar-refractivity contribution is 5.21. The molecule has 4 heteroatoms. The van der Waals surface area contributed by atoms with E-state index in [1.165, 1.54) is 12.1 Å². The summed E-state index contributed by atoms with van der Waals surface area (Å²) in [4.78, 5) is 0. The molecule has 16 heavy (non-hydrogen) atoms. The standard InChI is InChI=1S/C12H15F2NO/c1-15-9-4-5-16-12(7-9)10-3-2-8(13)6-11(10)14/h2-3,6,9,12,15H,4-5,7H2,1H3. The summed E-state index contributed by atoms with van der Waals surface area (Å²) < 4.78 is 31.8. The monoisotopic (exact) mass is 227 g/mol. The SMILES string of the molecule is CNC1CCOC(c2ccc(F)cc2F)C1. The first-order valence-electron chi connectivity index (χ1n) is 5.44. The lowest BCUT2D eigenvalue weighted by molar-refractivity contribution is -0.000449. The average Bonchev–Trinajstić information content (AvgIpc) is 2.29. The van der Waals surface area contributed by atoms with Gasteiger partial charge < -0.3 is 10.1 Å². The molecule has 1 saturated heterocycles. The van der Waals surface area contributed by atoms with E-state index in [0.29, 0.717) is 18.2 Å². The van der Waals surface area contributed by atoms with Crippen molar-refractivity contribution in [1.29, 1.82) is 0 Å². The van der Waals surface area contributed by atoms with Crippen LogP contribution in [0.3, 0.4) is 0 Å². The lowest BCUT2D eigenvalue weighted by atomic mass is 9.97. The van der Waals surface area contributed by atoms with Crippen LogP contribution in [0.15, 0.2) is 18.2 Å². The fraction of sp³-hybridized carbons (Fsp3) is 0.500. The predicted molar refractivity (Wildman–Crippen MR) is 57.1 cm³/mol. The number of halogens is 2. The predicted octanol–water partition coefficient (Wildman–Crippen LogP) is 2.40. The normalized spacial score (nSPS) is 25.7. The van der Waals surface area contributed by atoms with Crippen molar-refractivity contribution in [3.05, 3.63) is 35.4 Å². The molecule has 1 aliphatic heterocycles. The molecule has 2 nitrogen and oxygen atoms in total. The van der Waals surface area contributed by atoms with Crippen LogP contribution in [-0.2, 0) is 4.74 Å². The summed E-state index contributed by atoms with van der Waals surface area (Å²) in [5.74, 6) is -1.08. The molecule has 0 bridgehead atoms. The molecule has 2 atom stereocenters. The van der Waals surface area contributed by atoms with Crippen LogP contribution in [0, 0.1) is 11.6 Å². The van der Waals surface area contributed by atoms with Gasteiger partial charge >= 0.3 is 0 Å². The molecule has 1 heterocycles. The van der Waals surface area contributed by atoms with E-state index in [2.05, 4.69) is 5.32 Å². The van der Waals surface area contributed by atoms with Crippen LogP contribution in [-0.4, -0.2) is 19.7 Å². The Kier molecular flexibility index (Phi) is 3.51. The molecule has 0 spiro atoms. The van der Waals surface area contributed by atoms with Gasteiger partial charge in [-0.05, 0) is 26.0 Å². The summed E-state index contributed by atoms with van der Waals surface area (Å²) in [6, 6.07) is 3.98. The van der Waals surface area contributed by atoms with Crippen LogP contribution < -0.4 is 5.32 Å². The van der Waals surface area contributed by atoms with Gasteiger partial charge in [-0.15, -0.1) is 0 Å². The molecule has 2 unspecified atom stereocenters. The van der Waals surface area contributed by atoms with Gasteiger partial charge in [0.25, 0.3) is 0 Å². The first-order chi connectivity index (χ1) is 7.70. The number of hydrogen-bond acceptors (Lipinski definition) is 2. The van der Waals surface area contributed by atoms with Gasteiger partial charge in [0.1, 0.15) is 11.6 Å². The minimum Gasteiger partial charge on any atom is -0.373 e. The Morgan fingerprint density at radius 2 is 2.19 bits per heavy atom. The van der Waals surface area contributed by atoms with Gasteiger partial charge in [0, 0.05) is 24.3 Å². The Hall–Kier alpha value is -1.00. The second kappa shape index (κ2) is 4.89. The van der Waals surface area contributed by atoms with Crippen molar-refractivity contribution in [1.82, 2.24) is 5.32 Å². The summed E-state index contributed by atoms with van der Waals surface area (Å²) in [7, 11) is 1.88. The van der Waals surface area contributed by atoms with E-state index >= 15 is 0 Å². The maximum Gasteiger partial charge on any atom is 0.131 e. The van der Waals surface area contributed by atoms with Gasteiger partial charge in [-0.2, -0.15) is 0 Å². The Morgan fingerprint density at radius 1 is 1.38 bits per heavy atom. The summed E-state index contributed by atoms with van der Waals surface area (Å²) >= 11 is 0. The molecule has 88 valence electrons. The fourth-order valence-corrected chi connectivity index (χ4v) is 2.04. The molecule has 0 radical (unpaired) electrons. The highest BCUT2D eigenvalue weighted by Gasteiger charge is 2.25. The minimum absolute atomic E-state index is 0.271. The van der Waals surface area contributed by atoms with Crippen LogP contribution in [0.25, 0.3) is 0 Å². The first-order valence-corrected chi connectivity index (χ1v) is 5.44. The van der Waals surface area contributed by atoms with Gasteiger partial charge in [0.2, 0.25) is 0 Å². The summed E-state index contributed by atoms with van der Waals surface area (Å²) in [5, 5.41) is 3.16. The molecule has 1 aromatic rings. The Morgan fingerprint density at radius 3 is 2.88 bits per heavy atom. The van der Waals surface area contributed by atoms with Crippen LogP contribution >= 0.6 is 0 Å². The van der Waals surface area contributed by atoms with Crippen molar-refractivity contribution in [2.24, 2.45) is 0 Å². The lowest BCUT2D eigenvalue weighted by Gasteiger charge is -2.29. The molecular weight excluding hydrogens is 212 g/mol. The molecule has 2 rings (SSSR count). The van der Waals surface area contributed by atoms with Gasteiger partial charge in [-0.3, -0.25) is 0 Å². The zero-order chi connectivity index (χ0) is 11.5. The molecule has 1 aliphatic rings. The smallest absolute Gasteiger partial charge is 0.131 e. The lowest BCUT2D eigenvalue weighted by Crippen LogP contribution is -2.33. The molecule has 0 aliphatic carbocycles. The molecule has 1 fully saturated rings. The number of ether oxygens (including phenoxy) is 1. The Bertz CT molecular complexity index is 370. The number of hydrogen-bond donors (Lipinski definition) is 1. The fourth-order valence-electron chi connectivity index (χ4n) is 2.04. The second-order valence-corrected chi connectivity index (χ2v) is 4.04. The largest absolute Gasteiger partial charge is 0.373 e. The molecule has 0 amide bonds. The third kappa shape index (κ3) is 2.39. The highest BCUT2D eigenvalue weighted by Crippen LogP contribution is 2.29.